The van der Waals surface area contributed by atoms with Crippen LogP contribution in [0, 0.1) is 0 Å². The molecule has 3 heteroatoms. The molecule has 1 aromatic heterocycles. The molecule has 0 bridgehead atoms. The molecule has 1 heterocycles. The van der Waals surface area contributed by atoms with Gasteiger partial charge >= 0.3 is 0 Å². The molecule has 2 aromatic rings. The van der Waals surface area contributed by atoms with Crippen LogP contribution in [0.3, 0.4) is 0 Å². The Balaban J connectivity index is 2.14. The van der Waals surface area contributed by atoms with Crippen LogP contribution in [0.2, 0.25) is 0 Å². The van der Waals surface area contributed by atoms with Gasteiger partial charge in [-0.3, -0.25) is 4.90 Å². The Bertz CT molecular complexity index is 436. The molecule has 1 aromatic carbocycles. The van der Waals surface area contributed by atoms with Gasteiger partial charge in [-0.15, -0.1) is 0 Å². The molecule has 0 atom stereocenters. The Kier molecular flexibility index (Phi) is 3.04. The summed E-state index contributed by atoms with van der Waals surface area (Å²) in [4.78, 5) is 5.30. The zero-order chi connectivity index (χ0) is 10.7. The molecule has 15 heavy (non-hydrogen) atoms. The van der Waals surface area contributed by atoms with E-state index >= 15 is 0 Å². The van der Waals surface area contributed by atoms with Gasteiger partial charge < -0.3 is 10.1 Å². The quantitative estimate of drug-likeness (QED) is 0.794. The lowest BCUT2D eigenvalue weighted by molar-refractivity contribution is 0.217. The van der Waals surface area contributed by atoms with Crippen molar-refractivity contribution in [1.82, 2.24) is 9.88 Å². The van der Waals surface area contributed by atoms with Crippen LogP contribution >= 0.6 is 0 Å². The second kappa shape index (κ2) is 4.47. The number of nitrogens with one attached hydrogen (secondary N) is 1. The molecule has 2 rings (SSSR count). The highest BCUT2D eigenvalue weighted by atomic mass is 16.3. The Morgan fingerprint density at radius 2 is 2.20 bits per heavy atom. The molecule has 0 aliphatic heterocycles. The molecule has 3 nitrogen and oxygen atoms in total. The van der Waals surface area contributed by atoms with E-state index in [-0.39, 0.29) is 6.61 Å². The third-order valence-electron chi connectivity index (χ3n) is 2.55. The summed E-state index contributed by atoms with van der Waals surface area (Å²) >= 11 is 0. The lowest BCUT2D eigenvalue weighted by Gasteiger charge is -2.14. The van der Waals surface area contributed by atoms with Crippen LogP contribution in [0.1, 0.15) is 5.56 Å². The van der Waals surface area contributed by atoms with Gasteiger partial charge in [0.05, 0.1) is 6.61 Å². The van der Waals surface area contributed by atoms with Crippen molar-refractivity contribution in [1.29, 1.82) is 0 Å². The Labute approximate surface area is 89.3 Å². The van der Waals surface area contributed by atoms with E-state index in [1.807, 2.05) is 13.2 Å². The molecule has 0 spiro atoms. The number of hydrogen-bond acceptors (Lipinski definition) is 2. The minimum atomic E-state index is 0.210. The lowest BCUT2D eigenvalue weighted by Crippen LogP contribution is -2.21. The van der Waals surface area contributed by atoms with Crippen molar-refractivity contribution in [3.8, 4) is 0 Å². The number of nitrogens with zero attached hydrogens (tertiary/aromatic N) is 1. The van der Waals surface area contributed by atoms with Crippen molar-refractivity contribution in [2.75, 3.05) is 20.2 Å². The highest BCUT2D eigenvalue weighted by Gasteiger charge is 2.01. The van der Waals surface area contributed by atoms with Gasteiger partial charge in [0.25, 0.3) is 0 Å². The van der Waals surface area contributed by atoms with E-state index in [0.717, 1.165) is 6.54 Å². The average Bonchev–Trinajstić information content (AvgIpc) is 2.65. The van der Waals surface area contributed by atoms with Crippen molar-refractivity contribution in [3.63, 3.8) is 0 Å². The van der Waals surface area contributed by atoms with Crippen LogP contribution in [0.15, 0.2) is 30.5 Å². The number of hydrogen-bond donors (Lipinski definition) is 2. The van der Waals surface area contributed by atoms with Crippen LogP contribution in [0.5, 0.6) is 0 Å². The van der Waals surface area contributed by atoms with Crippen LogP contribution in [-0.2, 0) is 6.54 Å². The maximum Gasteiger partial charge on any atom is 0.0558 e. The van der Waals surface area contributed by atoms with Crippen molar-refractivity contribution in [3.05, 3.63) is 36.0 Å². The fourth-order valence-corrected chi connectivity index (χ4v) is 1.75. The van der Waals surface area contributed by atoms with Crippen LogP contribution in [0.4, 0.5) is 0 Å². The van der Waals surface area contributed by atoms with Crippen molar-refractivity contribution >= 4 is 10.9 Å². The minimum Gasteiger partial charge on any atom is -0.395 e. The van der Waals surface area contributed by atoms with E-state index in [9.17, 15) is 0 Å². The molecule has 80 valence electrons. The maximum absolute atomic E-state index is 8.81. The summed E-state index contributed by atoms with van der Waals surface area (Å²) in [6, 6.07) is 8.47. The SMILES string of the molecule is CN(CCO)Cc1ccc2cc[nH]c2c1. The standard InChI is InChI=1S/C12H16N2O/c1-14(6-7-15)9-10-2-3-11-4-5-13-12(11)8-10/h2-5,8,13,15H,6-7,9H2,1H3. The Morgan fingerprint density at radius 1 is 1.33 bits per heavy atom. The Morgan fingerprint density at radius 3 is 3.00 bits per heavy atom. The minimum absolute atomic E-state index is 0.210. The first kappa shape index (κ1) is 10.2. The molecule has 0 radical (unpaired) electrons. The molecular formula is C12H16N2O. The average molecular weight is 204 g/mol. The van der Waals surface area contributed by atoms with Gasteiger partial charge in [-0.2, -0.15) is 0 Å². The molecule has 0 saturated carbocycles. The number of aliphatic hydroxyl groups is 1. The molecule has 0 amide bonds. The molecule has 0 aliphatic rings. The van der Waals surface area contributed by atoms with E-state index < -0.39 is 0 Å². The van der Waals surface area contributed by atoms with Gasteiger partial charge in [-0.05, 0) is 30.1 Å². The summed E-state index contributed by atoms with van der Waals surface area (Å²) in [5.41, 5.74) is 2.44. The largest absolute Gasteiger partial charge is 0.395 e. The zero-order valence-electron chi connectivity index (χ0n) is 8.90. The first-order valence-electron chi connectivity index (χ1n) is 5.15. The van der Waals surface area contributed by atoms with Gasteiger partial charge in [0.15, 0.2) is 0 Å². The predicted molar refractivity (Wildman–Crippen MR) is 61.7 cm³/mol. The highest BCUT2D eigenvalue weighted by molar-refractivity contribution is 5.79. The number of fused-ring (bicyclic) bond motifs is 1. The van der Waals surface area contributed by atoms with Gasteiger partial charge in [0, 0.05) is 24.8 Å². The van der Waals surface area contributed by atoms with E-state index in [1.165, 1.54) is 16.5 Å². The fraction of sp³-hybridized carbons (Fsp3) is 0.333. The summed E-state index contributed by atoms with van der Waals surface area (Å²) < 4.78 is 0. The first-order chi connectivity index (χ1) is 7.29. The topological polar surface area (TPSA) is 39.3 Å². The molecule has 0 fully saturated rings. The highest BCUT2D eigenvalue weighted by Crippen LogP contribution is 2.14. The fourth-order valence-electron chi connectivity index (χ4n) is 1.75. The molecule has 0 aliphatic carbocycles. The van der Waals surface area contributed by atoms with Crippen molar-refractivity contribution in [2.24, 2.45) is 0 Å². The maximum atomic E-state index is 8.81. The summed E-state index contributed by atoms with van der Waals surface area (Å²) in [5, 5.41) is 10.0. The van der Waals surface area contributed by atoms with Crippen molar-refractivity contribution in [2.45, 2.75) is 6.54 Å². The lowest BCUT2D eigenvalue weighted by atomic mass is 10.1. The molecular weight excluding hydrogens is 188 g/mol. The van der Waals surface area contributed by atoms with E-state index in [4.69, 9.17) is 5.11 Å². The number of aliphatic hydroxyl groups excluding tert-OH is 1. The van der Waals surface area contributed by atoms with Gasteiger partial charge in [0.1, 0.15) is 0 Å². The third kappa shape index (κ3) is 2.37. The zero-order valence-corrected chi connectivity index (χ0v) is 8.90. The normalized spacial score (nSPS) is 11.4. The molecule has 0 unspecified atom stereocenters. The van der Waals surface area contributed by atoms with Crippen LogP contribution < -0.4 is 0 Å². The monoisotopic (exact) mass is 204 g/mol. The van der Waals surface area contributed by atoms with Gasteiger partial charge in [0.2, 0.25) is 0 Å². The molecule has 2 N–H and O–H groups in total. The summed E-state index contributed by atoms with van der Waals surface area (Å²) in [6.07, 6.45) is 1.95. The third-order valence-corrected chi connectivity index (χ3v) is 2.55. The predicted octanol–water partition coefficient (Wildman–Crippen LogP) is 1.59. The number of H-pyrrole nitrogens is 1. The molecule has 0 saturated heterocycles. The number of aromatic nitrogens is 1. The summed E-state index contributed by atoms with van der Waals surface area (Å²) in [5.74, 6) is 0. The number of likely N-dealkylation sites (N-methyl/N-ethyl adjacent to an activating group) is 1. The number of benzene rings is 1. The van der Waals surface area contributed by atoms with Crippen LogP contribution in [-0.4, -0.2) is 35.2 Å². The van der Waals surface area contributed by atoms with Gasteiger partial charge in [-0.25, -0.2) is 0 Å². The second-order valence-electron chi connectivity index (χ2n) is 3.86. The smallest absolute Gasteiger partial charge is 0.0558 e. The Hall–Kier alpha value is -1.32. The number of rotatable bonds is 4. The van der Waals surface area contributed by atoms with E-state index in [1.54, 1.807) is 0 Å². The number of aromatic amines is 1. The van der Waals surface area contributed by atoms with Gasteiger partial charge in [-0.1, -0.05) is 12.1 Å². The first-order valence-corrected chi connectivity index (χ1v) is 5.15. The summed E-state index contributed by atoms with van der Waals surface area (Å²) in [7, 11) is 2.01. The van der Waals surface area contributed by atoms with Crippen molar-refractivity contribution < 1.29 is 5.11 Å². The van der Waals surface area contributed by atoms with E-state index in [2.05, 4.69) is 34.1 Å². The van der Waals surface area contributed by atoms with Crippen LogP contribution in [0.25, 0.3) is 10.9 Å². The second-order valence-corrected chi connectivity index (χ2v) is 3.86. The summed E-state index contributed by atoms with van der Waals surface area (Å²) in [6.45, 7) is 1.79. The van der Waals surface area contributed by atoms with E-state index in [0.29, 0.717) is 6.54 Å².